The van der Waals surface area contributed by atoms with Crippen molar-refractivity contribution in [1.29, 1.82) is 0 Å². The fourth-order valence-corrected chi connectivity index (χ4v) is 1.78. The lowest BCUT2D eigenvalue weighted by molar-refractivity contribution is 0.267. The van der Waals surface area contributed by atoms with Crippen LogP contribution in [0.25, 0.3) is 0 Å². The topological polar surface area (TPSA) is 57.3 Å². The summed E-state index contributed by atoms with van der Waals surface area (Å²) < 4.78 is 5.44. The number of benzene rings is 1. The molecular formula is C14H18N2O2. The SMILES string of the molecule is CCOc1ccc(NCc2ccc[nH]2)cc1CO. The molecule has 0 aliphatic rings. The molecule has 1 aromatic heterocycles. The highest BCUT2D eigenvalue weighted by Gasteiger charge is 2.04. The Kier molecular flexibility index (Phi) is 4.25. The highest BCUT2D eigenvalue weighted by molar-refractivity contribution is 5.51. The van der Waals surface area contributed by atoms with Gasteiger partial charge in [-0.1, -0.05) is 0 Å². The number of aromatic nitrogens is 1. The Morgan fingerprint density at radius 3 is 2.89 bits per heavy atom. The molecule has 4 nitrogen and oxygen atoms in total. The fraction of sp³-hybridized carbons (Fsp3) is 0.286. The predicted octanol–water partition coefficient (Wildman–Crippen LogP) is 2.52. The van der Waals surface area contributed by atoms with Gasteiger partial charge in [-0.15, -0.1) is 0 Å². The zero-order valence-electron chi connectivity index (χ0n) is 10.4. The lowest BCUT2D eigenvalue weighted by Gasteiger charge is -2.11. The molecule has 96 valence electrons. The van der Waals surface area contributed by atoms with Gasteiger partial charge in [-0.05, 0) is 37.3 Å². The quantitative estimate of drug-likeness (QED) is 0.734. The summed E-state index contributed by atoms with van der Waals surface area (Å²) in [5, 5.41) is 12.6. The van der Waals surface area contributed by atoms with Gasteiger partial charge in [0.2, 0.25) is 0 Å². The van der Waals surface area contributed by atoms with Gasteiger partial charge < -0.3 is 20.1 Å². The second-order valence-electron chi connectivity index (χ2n) is 3.96. The molecule has 0 amide bonds. The lowest BCUT2D eigenvalue weighted by atomic mass is 10.2. The first-order valence-corrected chi connectivity index (χ1v) is 6.06. The number of aromatic amines is 1. The molecule has 1 heterocycles. The Labute approximate surface area is 107 Å². The summed E-state index contributed by atoms with van der Waals surface area (Å²) in [6.45, 7) is 3.24. The maximum absolute atomic E-state index is 9.31. The van der Waals surface area contributed by atoms with E-state index in [1.165, 1.54) is 0 Å². The van der Waals surface area contributed by atoms with E-state index in [2.05, 4.69) is 10.3 Å². The van der Waals surface area contributed by atoms with Gasteiger partial charge in [0.15, 0.2) is 0 Å². The summed E-state index contributed by atoms with van der Waals surface area (Å²) in [6.07, 6.45) is 1.90. The van der Waals surface area contributed by atoms with Crippen molar-refractivity contribution >= 4 is 5.69 Å². The van der Waals surface area contributed by atoms with E-state index in [0.717, 1.165) is 29.2 Å². The summed E-state index contributed by atoms with van der Waals surface area (Å²) in [7, 11) is 0. The van der Waals surface area contributed by atoms with Crippen molar-refractivity contribution in [3.8, 4) is 5.75 Å². The first-order valence-electron chi connectivity index (χ1n) is 6.06. The number of hydrogen-bond donors (Lipinski definition) is 3. The number of aliphatic hydroxyl groups is 1. The minimum Gasteiger partial charge on any atom is -0.494 e. The van der Waals surface area contributed by atoms with Crippen molar-refractivity contribution in [3.63, 3.8) is 0 Å². The Bertz CT molecular complexity index is 481. The monoisotopic (exact) mass is 246 g/mol. The number of ether oxygens (including phenoxy) is 1. The van der Waals surface area contributed by atoms with E-state index in [9.17, 15) is 5.11 Å². The molecule has 0 unspecified atom stereocenters. The lowest BCUT2D eigenvalue weighted by Crippen LogP contribution is -2.02. The summed E-state index contributed by atoms with van der Waals surface area (Å²) in [5.41, 5.74) is 2.89. The second-order valence-corrected chi connectivity index (χ2v) is 3.96. The molecule has 0 aliphatic heterocycles. The van der Waals surface area contributed by atoms with Crippen LogP contribution in [0.15, 0.2) is 36.5 Å². The molecular weight excluding hydrogens is 228 g/mol. The summed E-state index contributed by atoms with van der Waals surface area (Å²) in [6, 6.07) is 9.73. The van der Waals surface area contributed by atoms with Crippen molar-refractivity contribution in [2.45, 2.75) is 20.1 Å². The van der Waals surface area contributed by atoms with Crippen LogP contribution in [0.4, 0.5) is 5.69 Å². The van der Waals surface area contributed by atoms with Crippen LogP contribution >= 0.6 is 0 Å². The van der Waals surface area contributed by atoms with Crippen molar-refractivity contribution < 1.29 is 9.84 Å². The fourth-order valence-electron chi connectivity index (χ4n) is 1.78. The molecule has 0 fully saturated rings. The largest absolute Gasteiger partial charge is 0.494 e. The molecule has 0 atom stereocenters. The Hall–Kier alpha value is -1.94. The van der Waals surface area contributed by atoms with Gasteiger partial charge in [0.25, 0.3) is 0 Å². The van der Waals surface area contributed by atoms with E-state index in [1.54, 1.807) is 0 Å². The van der Waals surface area contributed by atoms with Crippen molar-refractivity contribution in [3.05, 3.63) is 47.8 Å². The van der Waals surface area contributed by atoms with Gasteiger partial charge in [0.05, 0.1) is 19.8 Å². The van der Waals surface area contributed by atoms with Crippen molar-refractivity contribution in [2.75, 3.05) is 11.9 Å². The van der Waals surface area contributed by atoms with E-state index < -0.39 is 0 Å². The van der Waals surface area contributed by atoms with Crippen LogP contribution in [0.5, 0.6) is 5.75 Å². The normalized spacial score (nSPS) is 10.3. The smallest absolute Gasteiger partial charge is 0.124 e. The first-order chi connectivity index (χ1) is 8.83. The molecule has 1 aromatic carbocycles. The maximum atomic E-state index is 9.31. The van der Waals surface area contributed by atoms with E-state index in [1.807, 2.05) is 43.5 Å². The molecule has 0 radical (unpaired) electrons. The van der Waals surface area contributed by atoms with Gasteiger partial charge in [0.1, 0.15) is 5.75 Å². The molecule has 0 spiro atoms. The molecule has 18 heavy (non-hydrogen) atoms. The minimum absolute atomic E-state index is 0.0205. The summed E-state index contributed by atoms with van der Waals surface area (Å²) >= 11 is 0. The summed E-state index contributed by atoms with van der Waals surface area (Å²) in [5.74, 6) is 0.741. The maximum Gasteiger partial charge on any atom is 0.124 e. The highest BCUT2D eigenvalue weighted by Crippen LogP contribution is 2.23. The van der Waals surface area contributed by atoms with Gasteiger partial charge in [0, 0.05) is 23.1 Å². The van der Waals surface area contributed by atoms with E-state index in [0.29, 0.717) is 6.61 Å². The zero-order chi connectivity index (χ0) is 12.8. The summed E-state index contributed by atoms with van der Waals surface area (Å²) in [4.78, 5) is 3.13. The van der Waals surface area contributed by atoms with Crippen LogP contribution in [0.3, 0.4) is 0 Å². The first kappa shape index (κ1) is 12.5. The van der Waals surface area contributed by atoms with Gasteiger partial charge in [-0.3, -0.25) is 0 Å². The molecule has 2 aromatic rings. The average molecular weight is 246 g/mol. The number of aliphatic hydroxyl groups excluding tert-OH is 1. The van der Waals surface area contributed by atoms with Crippen molar-refractivity contribution in [1.82, 2.24) is 4.98 Å². The second kappa shape index (κ2) is 6.12. The number of rotatable bonds is 6. The number of H-pyrrole nitrogens is 1. The number of hydrogen-bond acceptors (Lipinski definition) is 3. The van der Waals surface area contributed by atoms with E-state index >= 15 is 0 Å². The van der Waals surface area contributed by atoms with Gasteiger partial charge in [-0.2, -0.15) is 0 Å². The Balaban J connectivity index is 2.05. The van der Waals surface area contributed by atoms with E-state index in [4.69, 9.17) is 4.74 Å². The molecule has 3 N–H and O–H groups in total. The highest BCUT2D eigenvalue weighted by atomic mass is 16.5. The number of anilines is 1. The van der Waals surface area contributed by atoms with E-state index in [-0.39, 0.29) is 6.61 Å². The molecule has 2 rings (SSSR count). The molecule has 0 aliphatic carbocycles. The molecule has 0 saturated carbocycles. The standard InChI is InChI=1S/C14H18N2O2/c1-2-18-14-6-5-12(8-11(14)10-17)16-9-13-4-3-7-15-13/h3-8,15-17H,2,9-10H2,1H3. The Morgan fingerprint density at radius 2 is 2.22 bits per heavy atom. The molecule has 4 heteroatoms. The van der Waals surface area contributed by atoms with Crippen LogP contribution in [0, 0.1) is 0 Å². The number of nitrogens with one attached hydrogen (secondary N) is 2. The van der Waals surface area contributed by atoms with Crippen molar-refractivity contribution in [2.24, 2.45) is 0 Å². The minimum atomic E-state index is -0.0205. The third-order valence-electron chi connectivity index (χ3n) is 2.68. The zero-order valence-corrected chi connectivity index (χ0v) is 10.4. The van der Waals surface area contributed by atoms with Crippen LogP contribution in [-0.2, 0) is 13.2 Å². The van der Waals surface area contributed by atoms with Crippen LogP contribution in [0.1, 0.15) is 18.2 Å². The average Bonchev–Trinajstić information content (AvgIpc) is 2.91. The van der Waals surface area contributed by atoms with Crippen LogP contribution in [0.2, 0.25) is 0 Å². The third-order valence-corrected chi connectivity index (χ3v) is 2.68. The Morgan fingerprint density at radius 1 is 1.33 bits per heavy atom. The third kappa shape index (κ3) is 3.05. The van der Waals surface area contributed by atoms with Gasteiger partial charge in [-0.25, -0.2) is 0 Å². The predicted molar refractivity (Wildman–Crippen MR) is 71.7 cm³/mol. The molecule has 0 bridgehead atoms. The van der Waals surface area contributed by atoms with Crippen LogP contribution < -0.4 is 10.1 Å². The van der Waals surface area contributed by atoms with Crippen LogP contribution in [-0.4, -0.2) is 16.7 Å². The molecule has 0 saturated heterocycles. The van der Waals surface area contributed by atoms with Gasteiger partial charge >= 0.3 is 0 Å².